The number of nitrogens with zero attached hydrogens (tertiary/aromatic N) is 2. The first-order valence-corrected chi connectivity index (χ1v) is 13.3. The van der Waals surface area contributed by atoms with Gasteiger partial charge < -0.3 is 5.32 Å². The fraction of sp³-hybridized carbons (Fsp3) is 0.522. The number of amides is 1. The number of likely N-dealkylation sites (tertiary alicyclic amines) is 1. The summed E-state index contributed by atoms with van der Waals surface area (Å²) in [5.74, 6) is 0.569. The molecule has 2 aromatic rings. The molecule has 2 heterocycles. The maximum atomic E-state index is 12.8. The highest BCUT2D eigenvalue weighted by atomic mass is 32.2. The monoisotopic (exact) mass is 463 g/mol. The Morgan fingerprint density at radius 2 is 1.81 bits per heavy atom. The van der Waals surface area contributed by atoms with Crippen molar-refractivity contribution in [2.45, 2.75) is 44.6 Å². The summed E-state index contributed by atoms with van der Waals surface area (Å²) < 4.78 is 26.7. The van der Waals surface area contributed by atoms with Crippen molar-refractivity contribution in [2.24, 2.45) is 5.92 Å². The largest absolute Gasteiger partial charge is 0.350 e. The first-order valence-electron chi connectivity index (χ1n) is 11.0. The van der Waals surface area contributed by atoms with E-state index in [4.69, 9.17) is 0 Å². The lowest BCUT2D eigenvalue weighted by Gasteiger charge is -2.36. The molecule has 0 bridgehead atoms. The number of carbonyl (C=O) groups excluding carboxylic acids is 1. The SMILES string of the molecule is CCN(CC)S(=O)(=O)c1ccc(C(=O)NCC(c2cccs2)N2CCC(C)CC2)cc1. The van der Waals surface area contributed by atoms with Crippen LogP contribution in [0.5, 0.6) is 0 Å². The van der Waals surface area contributed by atoms with E-state index >= 15 is 0 Å². The third kappa shape index (κ3) is 5.74. The van der Waals surface area contributed by atoms with Crippen LogP contribution in [-0.2, 0) is 10.0 Å². The molecule has 8 heteroatoms. The maximum absolute atomic E-state index is 12.8. The Morgan fingerprint density at radius 1 is 1.16 bits per heavy atom. The highest BCUT2D eigenvalue weighted by Gasteiger charge is 2.26. The minimum absolute atomic E-state index is 0.166. The standard InChI is InChI=1S/C23H33N3O3S2/c1-4-26(5-2)31(28,29)20-10-8-19(9-11-20)23(27)24-17-21(22-7-6-16-30-22)25-14-12-18(3)13-15-25/h6-11,16,18,21H,4-5,12-15,17H2,1-3H3,(H,24,27). The van der Waals surface area contributed by atoms with Gasteiger partial charge >= 0.3 is 0 Å². The summed E-state index contributed by atoms with van der Waals surface area (Å²) in [4.78, 5) is 16.7. The summed E-state index contributed by atoms with van der Waals surface area (Å²) >= 11 is 1.72. The minimum atomic E-state index is -3.52. The topological polar surface area (TPSA) is 69.7 Å². The van der Waals surface area contributed by atoms with Gasteiger partial charge in [0.2, 0.25) is 10.0 Å². The lowest BCUT2D eigenvalue weighted by atomic mass is 9.97. The van der Waals surface area contributed by atoms with Gasteiger partial charge in [-0.3, -0.25) is 9.69 Å². The first kappa shape index (κ1) is 23.9. The number of hydrogen-bond donors (Lipinski definition) is 1. The molecule has 1 aliphatic heterocycles. The van der Waals surface area contributed by atoms with Crippen molar-refractivity contribution < 1.29 is 13.2 Å². The number of hydrogen-bond acceptors (Lipinski definition) is 5. The molecule has 1 N–H and O–H groups in total. The number of benzene rings is 1. The van der Waals surface area contributed by atoms with E-state index < -0.39 is 10.0 Å². The van der Waals surface area contributed by atoms with Gasteiger partial charge in [-0.05, 0) is 67.6 Å². The molecule has 1 aromatic heterocycles. The van der Waals surface area contributed by atoms with Gasteiger partial charge in [0.05, 0.1) is 10.9 Å². The molecule has 170 valence electrons. The molecular formula is C23H33N3O3S2. The second-order valence-corrected chi connectivity index (χ2v) is 11.0. The second kappa shape index (κ2) is 10.7. The van der Waals surface area contributed by atoms with Crippen LogP contribution in [0, 0.1) is 5.92 Å². The van der Waals surface area contributed by atoms with E-state index in [0.29, 0.717) is 25.2 Å². The minimum Gasteiger partial charge on any atom is -0.350 e. The van der Waals surface area contributed by atoms with Crippen LogP contribution in [0.3, 0.4) is 0 Å². The lowest BCUT2D eigenvalue weighted by Crippen LogP contribution is -2.41. The van der Waals surface area contributed by atoms with Gasteiger partial charge in [-0.15, -0.1) is 11.3 Å². The van der Waals surface area contributed by atoms with Gasteiger partial charge in [-0.25, -0.2) is 8.42 Å². The number of carbonyl (C=O) groups is 1. The highest BCUT2D eigenvalue weighted by molar-refractivity contribution is 7.89. The Balaban J connectivity index is 1.67. The molecular weight excluding hydrogens is 430 g/mol. The third-order valence-electron chi connectivity index (χ3n) is 6.05. The van der Waals surface area contributed by atoms with E-state index in [9.17, 15) is 13.2 Å². The molecule has 3 rings (SSSR count). The van der Waals surface area contributed by atoms with Gasteiger partial charge in [-0.1, -0.05) is 26.8 Å². The Kier molecular flexibility index (Phi) is 8.27. The Hall–Kier alpha value is -1.74. The van der Waals surface area contributed by atoms with E-state index in [0.717, 1.165) is 19.0 Å². The highest BCUT2D eigenvalue weighted by Crippen LogP contribution is 2.29. The van der Waals surface area contributed by atoms with Gasteiger partial charge in [0, 0.05) is 30.1 Å². The summed E-state index contributed by atoms with van der Waals surface area (Å²) in [5, 5.41) is 5.14. The number of piperidine rings is 1. The van der Waals surface area contributed by atoms with Crippen LogP contribution in [-0.4, -0.2) is 56.3 Å². The number of rotatable bonds is 9. The first-order chi connectivity index (χ1) is 14.9. The molecule has 1 unspecified atom stereocenters. The molecule has 0 saturated carbocycles. The zero-order chi connectivity index (χ0) is 22.4. The van der Waals surface area contributed by atoms with Crippen LogP contribution in [0.2, 0.25) is 0 Å². The average molecular weight is 464 g/mol. The maximum Gasteiger partial charge on any atom is 0.251 e. The van der Waals surface area contributed by atoms with E-state index in [2.05, 4.69) is 34.7 Å². The zero-order valence-electron chi connectivity index (χ0n) is 18.6. The van der Waals surface area contributed by atoms with E-state index in [1.54, 1.807) is 23.5 Å². The smallest absolute Gasteiger partial charge is 0.251 e. The van der Waals surface area contributed by atoms with Gasteiger partial charge in [-0.2, -0.15) is 4.31 Å². The van der Waals surface area contributed by atoms with Crippen molar-refractivity contribution in [3.05, 3.63) is 52.2 Å². The normalized spacial score (nSPS) is 17.0. The predicted molar refractivity (Wildman–Crippen MR) is 126 cm³/mol. The Bertz CT molecular complexity index is 931. The van der Waals surface area contributed by atoms with Gasteiger partial charge in [0.15, 0.2) is 0 Å². The molecule has 0 spiro atoms. The number of sulfonamides is 1. The summed E-state index contributed by atoms with van der Waals surface area (Å²) in [6.07, 6.45) is 2.36. The van der Waals surface area contributed by atoms with Crippen molar-refractivity contribution in [1.82, 2.24) is 14.5 Å². The van der Waals surface area contributed by atoms with Crippen LogP contribution >= 0.6 is 11.3 Å². The van der Waals surface area contributed by atoms with Crippen LogP contribution in [0.25, 0.3) is 0 Å². The van der Waals surface area contributed by atoms with Gasteiger partial charge in [0.25, 0.3) is 5.91 Å². The Labute approximate surface area is 190 Å². The molecule has 0 aliphatic carbocycles. The van der Waals surface area contributed by atoms with Crippen molar-refractivity contribution >= 4 is 27.3 Å². The molecule has 1 aliphatic rings. The van der Waals surface area contributed by atoms with Crippen LogP contribution in [0.4, 0.5) is 0 Å². The molecule has 6 nitrogen and oxygen atoms in total. The molecule has 1 aromatic carbocycles. The lowest BCUT2D eigenvalue weighted by molar-refractivity contribution is 0.0915. The molecule has 0 radical (unpaired) electrons. The number of nitrogens with one attached hydrogen (secondary N) is 1. The van der Waals surface area contributed by atoms with Crippen molar-refractivity contribution in [2.75, 3.05) is 32.7 Å². The Morgan fingerprint density at radius 3 is 2.35 bits per heavy atom. The molecule has 1 saturated heterocycles. The molecule has 31 heavy (non-hydrogen) atoms. The van der Waals surface area contributed by atoms with Crippen molar-refractivity contribution in [3.63, 3.8) is 0 Å². The summed E-state index contributed by atoms with van der Waals surface area (Å²) in [7, 11) is -3.52. The van der Waals surface area contributed by atoms with E-state index in [1.807, 2.05) is 13.8 Å². The second-order valence-electron chi connectivity index (χ2n) is 8.07. The summed E-state index contributed by atoms with van der Waals surface area (Å²) in [5.41, 5.74) is 0.468. The summed E-state index contributed by atoms with van der Waals surface area (Å²) in [6, 6.07) is 10.6. The van der Waals surface area contributed by atoms with E-state index in [1.165, 1.54) is 34.2 Å². The van der Waals surface area contributed by atoms with Crippen LogP contribution < -0.4 is 5.32 Å². The third-order valence-corrected chi connectivity index (χ3v) is 9.08. The fourth-order valence-corrected chi connectivity index (χ4v) is 6.33. The molecule has 1 fully saturated rings. The molecule has 1 atom stereocenters. The molecule has 1 amide bonds. The van der Waals surface area contributed by atoms with E-state index in [-0.39, 0.29) is 16.8 Å². The fourth-order valence-electron chi connectivity index (χ4n) is 4.01. The predicted octanol–water partition coefficient (Wildman–Crippen LogP) is 3.98. The van der Waals surface area contributed by atoms with Gasteiger partial charge in [0.1, 0.15) is 0 Å². The number of thiophene rings is 1. The van der Waals surface area contributed by atoms with Crippen molar-refractivity contribution in [3.8, 4) is 0 Å². The van der Waals surface area contributed by atoms with Crippen LogP contribution in [0.1, 0.15) is 54.9 Å². The van der Waals surface area contributed by atoms with Crippen LogP contribution in [0.15, 0.2) is 46.7 Å². The zero-order valence-corrected chi connectivity index (χ0v) is 20.2. The average Bonchev–Trinajstić information content (AvgIpc) is 3.30. The summed E-state index contributed by atoms with van der Waals surface area (Å²) in [6.45, 7) is 9.37. The van der Waals surface area contributed by atoms with Crippen molar-refractivity contribution in [1.29, 1.82) is 0 Å². The quantitative estimate of drug-likeness (QED) is 0.611.